The Balaban J connectivity index is 1.10. The lowest BCUT2D eigenvalue weighted by atomic mass is 9.93. The minimum atomic E-state index is -0.379. The Morgan fingerprint density at radius 3 is 2.68 bits per heavy atom. The van der Waals surface area contributed by atoms with Crippen LogP contribution in [0.1, 0.15) is 41.5 Å². The molecule has 0 bridgehead atoms. The van der Waals surface area contributed by atoms with E-state index in [4.69, 9.17) is 30.7 Å². The summed E-state index contributed by atoms with van der Waals surface area (Å²) in [7, 11) is 0. The maximum absolute atomic E-state index is 14.1. The van der Waals surface area contributed by atoms with Crippen LogP contribution in [-0.4, -0.2) is 37.5 Å². The molecule has 0 spiro atoms. The first-order chi connectivity index (χ1) is 18.6. The van der Waals surface area contributed by atoms with Gasteiger partial charge in [0.1, 0.15) is 24.5 Å². The quantitative estimate of drug-likeness (QED) is 0.237. The van der Waals surface area contributed by atoms with Crippen molar-refractivity contribution < 1.29 is 13.5 Å². The normalized spacial score (nSPS) is 14.8. The molecule has 194 valence electrons. The van der Waals surface area contributed by atoms with E-state index in [2.05, 4.69) is 20.5 Å². The Morgan fingerprint density at radius 2 is 1.87 bits per heavy atom. The molecular weight excluding hydrogens is 505 g/mol. The van der Waals surface area contributed by atoms with E-state index >= 15 is 0 Å². The summed E-state index contributed by atoms with van der Waals surface area (Å²) in [6.07, 6.45) is 5.13. The fourth-order valence-corrected chi connectivity index (χ4v) is 5.17. The zero-order valence-electron chi connectivity index (χ0n) is 20.8. The third kappa shape index (κ3) is 5.42. The molecule has 9 heteroatoms. The summed E-state index contributed by atoms with van der Waals surface area (Å²) in [5.74, 6) is 1.49. The summed E-state index contributed by atoms with van der Waals surface area (Å²) >= 11 is 5.84. The Hall–Kier alpha value is -3.75. The van der Waals surface area contributed by atoms with Crippen LogP contribution in [0.25, 0.3) is 11.0 Å². The number of imidazole rings is 1. The summed E-state index contributed by atoms with van der Waals surface area (Å²) in [6.45, 7) is 3.39. The molecule has 7 nitrogen and oxygen atoms in total. The van der Waals surface area contributed by atoms with Gasteiger partial charge in [-0.3, -0.25) is 4.90 Å². The van der Waals surface area contributed by atoms with Crippen molar-refractivity contribution in [3.63, 3.8) is 0 Å². The van der Waals surface area contributed by atoms with Crippen LogP contribution in [0.4, 0.5) is 4.39 Å². The molecule has 1 saturated heterocycles. The van der Waals surface area contributed by atoms with Crippen molar-refractivity contribution in [2.24, 2.45) is 0 Å². The Labute approximate surface area is 224 Å². The van der Waals surface area contributed by atoms with E-state index in [1.54, 1.807) is 18.4 Å². The fraction of sp³-hybridized carbons (Fsp3) is 0.276. The highest BCUT2D eigenvalue weighted by Gasteiger charge is 2.24. The van der Waals surface area contributed by atoms with Crippen molar-refractivity contribution in [2.45, 2.75) is 38.5 Å². The van der Waals surface area contributed by atoms with E-state index in [0.29, 0.717) is 28.9 Å². The molecule has 2 aromatic carbocycles. The molecule has 0 amide bonds. The van der Waals surface area contributed by atoms with Crippen LogP contribution in [0.3, 0.4) is 0 Å². The standard InChI is InChI=1S/C29H27ClFN5O2/c30-22-9-8-21(24(31)14-22)17-38-29-7-3-5-25(34-29)20-10-12-35(13-11-20)16-28-33-26-4-1-2-6-27(26)36(28)15-23-18-37-19-32-23/h1-9,14,18-20H,10-13,15-17H2. The van der Waals surface area contributed by atoms with Crippen molar-refractivity contribution in [3.8, 4) is 5.88 Å². The number of halogens is 2. The van der Waals surface area contributed by atoms with Gasteiger partial charge in [-0.1, -0.05) is 35.9 Å². The van der Waals surface area contributed by atoms with Crippen molar-refractivity contribution in [3.05, 3.63) is 107 Å². The smallest absolute Gasteiger partial charge is 0.213 e. The highest BCUT2D eigenvalue weighted by atomic mass is 35.5. The molecule has 5 aromatic rings. The predicted molar refractivity (Wildman–Crippen MR) is 143 cm³/mol. The summed E-state index contributed by atoms with van der Waals surface area (Å²) in [5.41, 5.74) is 4.42. The number of hydrogen-bond acceptors (Lipinski definition) is 6. The van der Waals surface area contributed by atoms with Gasteiger partial charge in [-0.2, -0.15) is 0 Å². The molecular formula is C29H27ClFN5O2. The second-order valence-electron chi connectivity index (χ2n) is 9.56. The molecule has 0 N–H and O–H groups in total. The van der Waals surface area contributed by atoms with Crippen LogP contribution in [0.2, 0.25) is 5.02 Å². The molecule has 0 saturated carbocycles. The number of benzene rings is 2. The number of likely N-dealkylation sites (tertiary alicyclic amines) is 1. The number of pyridine rings is 1. The van der Waals surface area contributed by atoms with E-state index in [9.17, 15) is 4.39 Å². The second kappa shape index (κ2) is 10.9. The van der Waals surface area contributed by atoms with Gasteiger partial charge in [-0.05, 0) is 56.3 Å². The van der Waals surface area contributed by atoms with E-state index < -0.39 is 0 Å². The third-order valence-corrected chi connectivity index (χ3v) is 7.28. The number of fused-ring (bicyclic) bond motifs is 1. The molecule has 0 radical (unpaired) electrons. The largest absolute Gasteiger partial charge is 0.473 e. The predicted octanol–water partition coefficient (Wildman–Crippen LogP) is 6.22. The van der Waals surface area contributed by atoms with Crippen molar-refractivity contribution in [2.75, 3.05) is 13.1 Å². The lowest BCUT2D eigenvalue weighted by Gasteiger charge is -2.31. The summed E-state index contributed by atoms with van der Waals surface area (Å²) in [4.78, 5) is 16.4. The molecule has 0 atom stereocenters. The van der Waals surface area contributed by atoms with Crippen molar-refractivity contribution >= 4 is 22.6 Å². The molecule has 4 heterocycles. The van der Waals surface area contributed by atoms with Crippen LogP contribution in [-0.2, 0) is 19.7 Å². The van der Waals surface area contributed by atoms with E-state index in [-0.39, 0.29) is 12.4 Å². The van der Waals surface area contributed by atoms with Crippen LogP contribution in [0.5, 0.6) is 5.88 Å². The maximum Gasteiger partial charge on any atom is 0.213 e. The van der Waals surface area contributed by atoms with Crippen LogP contribution in [0.15, 0.2) is 77.7 Å². The average Bonchev–Trinajstić information content (AvgIpc) is 3.57. The Kier molecular flexibility index (Phi) is 7.07. The van der Waals surface area contributed by atoms with E-state index in [1.807, 2.05) is 36.4 Å². The Bertz CT molecular complexity index is 1530. The van der Waals surface area contributed by atoms with Gasteiger partial charge in [0.05, 0.1) is 29.8 Å². The topological polar surface area (TPSA) is 69.2 Å². The SMILES string of the molecule is Fc1cc(Cl)ccc1COc1cccc(C2CCN(Cc3nc4ccccc4n3Cc3cocn3)CC2)n1. The zero-order valence-corrected chi connectivity index (χ0v) is 21.5. The Morgan fingerprint density at radius 1 is 1.00 bits per heavy atom. The highest BCUT2D eigenvalue weighted by Crippen LogP contribution is 2.29. The number of piperidine rings is 1. The van der Waals surface area contributed by atoms with Gasteiger partial charge in [0.2, 0.25) is 5.88 Å². The number of aromatic nitrogens is 4. The number of rotatable bonds is 8. The molecule has 1 aliphatic heterocycles. The average molecular weight is 532 g/mol. The van der Waals surface area contributed by atoms with Gasteiger partial charge in [-0.25, -0.2) is 19.3 Å². The number of hydrogen-bond donors (Lipinski definition) is 0. The van der Waals surface area contributed by atoms with Gasteiger partial charge in [0.25, 0.3) is 0 Å². The van der Waals surface area contributed by atoms with Crippen molar-refractivity contribution in [1.82, 2.24) is 24.4 Å². The summed E-state index contributed by atoms with van der Waals surface area (Å²) in [5, 5.41) is 0.366. The first-order valence-corrected chi connectivity index (χ1v) is 13.1. The van der Waals surface area contributed by atoms with E-state index in [1.165, 1.54) is 12.5 Å². The molecule has 1 fully saturated rings. The zero-order chi connectivity index (χ0) is 25.9. The van der Waals surface area contributed by atoms with Gasteiger partial charge >= 0.3 is 0 Å². The summed E-state index contributed by atoms with van der Waals surface area (Å²) < 4.78 is 27.3. The molecule has 3 aromatic heterocycles. The lowest BCUT2D eigenvalue weighted by molar-refractivity contribution is 0.196. The summed E-state index contributed by atoms with van der Waals surface area (Å²) in [6, 6.07) is 18.6. The highest BCUT2D eigenvalue weighted by molar-refractivity contribution is 6.30. The molecule has 6 rings (SSSR count). The third-order valence-electron chi connectivity index (χ3n) is 7.04. The molecule has 1 aliphatic rings. The lowest BCUT2D eigenvalue weighted by Crippen LogP contribution is -2.33. The maximum atomic E-state index is 14.1. The van der Waals surface area contributed by atoms with Gasteiger partial charge in [0, 0.05) is 28.3 Å². The van der Waals surface area contributed by atoms with Gasteiger partial charge < -0.3 is 13.7 Å². The van der Waals surface area contributed by atoms with Crippen molar-refractivity contribution in [1.29, 1.82) is 0 Å². The number of nitrogens with zero attached hydrogens (tertiary/aromatic N) is 5. The number of para-hydroxylation sites is 2. The van der Waals surface area contributed by atoms with Gasteiger partial charge in [0.15, 0.2) is 6.39 Å². The fourth-order valence-electron chi connectivity index (χ4n) is 5.02. The molecule has 0 aliphatic carbocycles. The van der Waals surface area contributed by atoms with Crippen LogP contribution in [0, 0.1) is 5.82 Å². The first kappa shape index (κ1) is 24.6. The van der Waals surface area contributed by atoms with E-state index in [0.717, 1.165) is 60.7 Å². The minimum absolute atomic E-state index is 0.104. The monoisotopic (exact) mass is 531 g/mol. The van der Waals surface area contributed by atoms with Crippen LogP contribution < -0.4 is 4.74 Å². The van der Waals surface area contributed by atoms with Crippen LogP contribution >= 0.6 is 11.6 Å². The number of ether oxygens (including phenoxy) is 1. The molecule has 0 unspecified atom stereocenters. The second-order valence-corrected chi connectivity index (χ2v) is 9.99. The van der Waals surface area contributed by atoms with Gasteiger partial charge in [-0.15, -0.1) is 0 Å². The molecule has 38 heavy (non-hydrogen) atoms. The first-order valence-electron chi connectivity index (χ1n) is 12.7. The number of oxazole rings is 1. The minimum Gasteiger partial charge on any atom is -0.473 e.